The first kappa shape index (κ1) is 8.80. The first-order valence-corrected chi connectivity index (χ1v) is 2.82. The van der Waals surface area contributed by atoms with E-state index < -0.39 is 10.3 Å². The van der Waals surface area contributed by atoms with Crippen LogP contribution < -0.4 is 0 Å². The maximum atomic E-state index is 11.7. The van der Waals surface area contributed by atoms with Crippen molar-refractivity contribution in [3.05, 3.63) is 0 Å². The van der Waals surface area contributed by atoms with Crippen molar-refractivity contribution in [3.8, 4) is 0 Å². The lowest BCUT2D eigenvalue weighted by Crippen LogP contribution is -2.26. The Morgan fingerprint density at radius 1 is 1.12 bits per heavy atom. The molecule has 2 unspecified atom stereocenters. The average Bonchev–Trinajstić information content (AvgIpc) is 1.25. The highest BCUT2D eigenvalue weighted by Gasteiger charge is 2.48. The summed E-state index contributed by atoms with van der Waals surface area (Å²) in [6.45, 7) is 0. The summed E-state index contributed by atoms with van der Waals surface area (Å²) in [4.78, 5) is -3.24. The molecule has 0 aromatic rings. The van der Waals surface area contributed by atoms with Crippen molar-refractivity contribution in [1.82, 2.24) is 0 Å². The number of hydrogen-bond donors (Lipinski definition) is 0. The largest absolute Gasteiger partial charge is 0.372 e. The number of halogens is 5. The summed E-state index contributed by atoms with van der Waals surface area (Å²) >= 11 is 8.57. The number of alkyl halides is 5. The SMILES string of the molecule is FC(F)(Cl)C(F)(P)Cl. The second-order valence-electron chi connectivity index (χ2n) is 1.12. The van der Waals surface area contributed by atoms with Crippen LogP contribution in [0.4, 0.5) is 13.2 Å². The van der Waals surface area contributed by atoms with Crippen LogP contribution in [0.15, 0.2) is 0 Å². The molecule has 0 N–H and O–H groups in total. The summed E-state index contributed by atoms with van der Waals surface area (Å²) in [6.07, 6.45) is 0. The Kier molecular flexibility index (Phi) is 2.42. The van der Waals surface area contributed by atoms with Gasteiger partial charge in [0.05, 0.1) is 0 Å². The van der Waals surface area contributed by atoms with E-state index >= 15 is 0 Å². The maximum Gasteiger partial charge on any atom is 0.372 e. The van der Waals surface area contributed by atoms with E-state index in [4.69, 9.17) is 0 Å². The van der Waals surface area contributed by atoms with E-state index in [2.05, 4.69) is 23.2 Å². The van der Waals surface area contributed by atoms with Gasteiger partial charge < -0.3 is 0 Å². The molecule has 0 nitrogen and oxygen atoms in total. The highest BCUT2D eigenvalue weighted by atomic mass is 35.5. The van der Waals surface area contributed by atoms with Gasteiger partial charge in [0.2, 0.25) is 0 Å². The molecule has 0 rings (SSSR count). The van der Waals surface area contributed by atoms with Crippen LogP contribution in [0.2, 0.25) is 0 Å². The van der Waals surface area contributed by atoms with Crippen LogP contribution in [0.3, 0.4) is 0 Å². The van der Waals surface area contributed by atoms with Gasteiger partial charge in [0.25, 0.3) is 4.87 Å². The molecule has 0 saturated carbocycles. The first-order chi connectivity index (χ1) is 3.25. The standard InChI is InChI=1S/C2H2Cl2F3P/c3-1(5,6)2(4,7)8/h8H2. The summed E-state index contributed by atoms with van der Waals surface area (Å²) in [5, 5.41) is -4.03. The molecule has 0 heterocycles. The Morgan fingerprint density at radius 3 is 1.25 bits per heavy atom. The highest BCUT2D eigenvalue weighted by molar-refractivity contribution is 7.22. The average molecular weight is 185 g/mol. The Labute approximate surface area is 56.5 Å². The summed E-state index contributed by atoms with van der Waals surface area (Å²) < 4.78 is 34.7. The molecule has 0 bridgehead atoms. The fourth-order valence-electron chi connectivity index (χ4n) is 0. The van der Waals surface area contributed by atoms with Crippen LogP contribution >= 0.6 is 32.4 Å². The molecule has 8 heavy (non-hydrogen) atoms. The van der Waals surface area contributed by atoms with E-state index in [1.54, 1.807) is 0 Å². The minimum Gasteiger partial charge on any atom is -0.214 e. The van der Waals surface area contributed by atoms with Gasteiger partial charge in [0.15, 0.2) is 0 Å². The predicted octanol–water partition coefficient (Wildman–Crippen LogP) is 2.56. The second kappa shape index (κ2) is 2.20. The molecule has 0 aromatic carbocycles. The Morgan fingerprint density at radius 2 is 1.25 bits per heavy atom. The summed E-state index contributed by atoms with van der Waals surface area (Å²) in [5.74, 6) is 0. The minimum atomic E-state index is -4.03. The highest BCUT2D eigenvalue weighted by Crippen LogP contribution is 2.44. The predicted molar refractivity (Wildman–Crippen MR) is 30.2 cm³/mol. The molecule has 0 saturated heterocycles. The lowest BCUT2D eigenvalue weighted by molar-refractivity contribution is 0.0275. The number of rotatable bonds is 1. The van der Waals surface area contributed by atoms with Gasteiger partial charge in [-0.1, -0.05) is 20.8 Å². The monoisotopic (exact) mass is 184 g/mol. The molecular weight excluding hydrogens is 183 g/mol. The van der Waals surface area contributed by atoms with E-state index in [9.17, 15) is 13.2 Å². The smallest absolute Gasteiger partial charge is 0.214 e. The van der Waals surface area contributed by atoms with Gasteiger partial charge in [-0.25, -0.2) is 4.39 Å². The van der Waals surface area contributed by atoms with E-state index in [-0.39, 0.29) is 0 Å². The first-order valence-electron chi connectivity index (χ1n) is 1.48. The molecule has 0 aromatic heterocycles. The zero-order valence-electron chi connectivity index (χ0n) is 3.47. The molecule has 0 aliphatic heterocycles. The Bertz CT molecular complexity index is 70.3. The van der Waals surface area contributed by atoms with Crippen molar-refractivity contribution < 1.29 is 13.2 Å². The molecule has 0 aliphatic carbocycles. The molecule has 2 atom stereocenters. The van der Waals surface area contributed by atoms with Crippen molar-refractivity contribution in [2.75, 3.05) is 0 Å². The fraction of sp³-hybridized carbons (Fsp3) is 1.00. The van der Waals surface area contributed by atoms with E-state index in [0.717, 1.165) is 9.24 Å². The zero-order valence-corrected chi connectivity index (χ0v) is 6.13. The Balaban J connectivity index is 4.02. The van der Waals surface area contributed by atoms with Crippen LogP contribution in [-0.2, 0) is 0 Å². The molecule has 50 valence electrons. The van der Waals surface area contributed by atoms with Gasteiger partial charge in [-0.3, -0.25) is 0 Å². The van der Waals surface area contributed by atoms with Crippen molar-refractivity contribution in [2.24, 2.45) is 0 Å². The fourth-order valence-corrected chi connectivity index (χ4v) is 0. The molecule has 0 fully saturated rings. The minimum absolute atomic E-state index is 1.08. The van der Waals surface area contributed by atoms with Crippen LogP contribution in [0.5, 0.6) is 0 Å². The quantitative estimate of drug-likeness (QED) is 0.434. The van der Waals surface area contributed by atoms with Gasteiger partial charge in [-0.15, -0.1) is 0 Å². The Hall–Kier alpha value is 0.800. The summed E-state index contributed by atoms with van der Waals surface area (Å²) in [6, 6.07) is 0. The van der Waals surface area contributed by atoms with Crippen LogP contribution in [0.25, 0.3) is 0 Å². The molecule has 0 spiro atoms. The maximum absolute atomic E-state index is 11.7. The third-order valence-electron chi connectivity index (χ3n) is 0.378. The van der Waals surface area contributed by atoms with Gasteiger partial charge in [-0.2, -0.15) is 8.78 Å². The van der Waals surface area contributed by atoms with Crippen molar-refractivity contribution in [3.63, 3.8) is 0 Å². The van der Waals surface area contributed by atoms with Gasteiger partial charge in [0, 0.05) is 0 Å². The lowest BCUT2D eigenvalue weighted by atomic mass is 10.8. The van der Waals surface area contributed by atoms with Gasteiger partial charge >= 0.3 is 5.38 Å². The molecule has 0 aliphatic rings. The van der Waals surface area contributed by atoms with E-state index in [1.165, 1.54) is 0 Å². The molecule has 6 heteroatoms. The van der Waals surface area contributed by atoms with Crippen molar-refractivity contribution in [2.45, 2.75) is 10.3 Å². The van der Waals surface area contributed by atoms with Crippen molar-refractivity contribution in [1.29, 1.82) is 0 Å². The molecular formula is C2H2Cl2F3P. The third-order valence-corrected chi connectivity index (χ3v) is 1.53. The van der Waals surface area contributed by atoms with E-state index in [0.29, 0.717) is 0 Å². The molecule has 0 radical (unpaired) electrons. The molecule has 0 amide bonds. The summed E-state index contributed by atoms with van der Waals surface area (Å²) in [5.41, 5.74) is 0. The van der Waals surface area contributed by atoms with Gasteiger partial charge in [0.1, 0.15) is 0 Å². The second-order valence-corrected chi connectivity index (χ2v) is 3.31. The van der Waals surface area contributed by atoms with Crippen LogP contribution in [0, 0.1) is 0 Å². The number of hydrogen-bond acceptors (Lipinski definition) is 0. The van der Waals surface area contributed by atoms with Crippen LogP contribution in [-0.4, -0.2) is 10.3 Å². The van der Waals surface area contributed by atoms with Gasteiger partial charge in [-0.05, 0) is 11.6 Å². The van der Waals surface area contributed by atoms with Crippen LogP contribution in [0.1, 0.15) is 0 Å². The zero-order chi connectivity index (χ0) is 7.00. The lowest BCUT2D eigenvalue weighted by Gasteiger charge is -2.16. The summed E-state index contributed by atoms with van der Waals surface area (Å²) in [7, 11) is 1.08. The topological polar surface area (TPSA) is 0 Å². The van der Waals surface area contributed by atoms with E-state index in [1.807, 2.05) is 0 Å². The van der Waals surface area contributed by atoms with Crippen molar-refractivity contribution >= 4 is 32.4 Å². The normalized spacial score (nSPS) is 20.2. The third kappa shape index (κ3) is 2.38.